The number of piperidine rings is 1. The maximum Gasteiger partial charge on any atom is 0.225 e. The molecule has 3 N–H and O–H groups in total. The van der Waals surface area contributed by atoms with E-state index in [9.17, 15) is 0 Å². The van der Waals surface area contributed by atoms with Crippen LogP contribution in [0.3, 0.4) is 0 Å². The van der Waals surface area contributed by atoms with Gasteiger partial charge in [-0.25, -0.2) is 9.97 Å². The number of aliphatic imine (C=N–C) groups is 1. The summed E-state index contributed by atoms with van der Waals surface area (Å²) in [6, 6.07) is 1.84. The second kappa shape index (κ2) is 9.99. The third kappa shape index (κ3) is 6.40. The lowest BCUT2D eigenvalue weighted by Gasteiger charge is -2.31. The topological polar surface area (TPSA) is 88.7 Å². The molecule has 128 valence electrons. The van der Waals surface area contributed by atoms with Gasteiger partial charge in [-0.15, -0.1) is 0 Å². The molecule has 1 unspecified atom stereocenters. The van der Waals surface area contributed by atoms with Crippen molar-refractivity contribution in [1.29, 1.82) is 0 Å². The molecule has 2 rings (SSSR count). The Labute approximate surface area is 138 Å². The van der Waals surface area contributed by atoms with Gasteiger partial charge in [0, 0.05) is 51.8 Å². The second-order valence-electron chi connectivity index (χ2n) is 5.71. The Morgan fingerprint density at radius 1 is 1.48 bits per heavy atom. The minimum Gasteiger partial charge on any atom is -0.382 e. The Bertz CT molecular complexity index is 467. The molecule has 7 nitrogen and oxygen atoms in total. The number of nitrogens with zero attached hydrogens (tertiary/aromatic N) is 4. The van der Waals surface area contributed by atoms with Crippen molar-refractivity contribution in [1.82, 2.24) is 15.3 Å². The van der Waals surface area contributed by atoms with Crippen molar-refractivity contribution in [2.45, 2.75) is 26.2 Å². The van der Waals surface area contributed by atoms with Crippen LogP contribution in [0, 0.1) is 5.92 Å². The van der Waals surface area contributed by atoms with Gasteiger partial charge in [0.15, 0.2) is 5.96 Å². The number of nitrogens with one attached hydrogen (secondary N) is 1. The van der Waals surface area contributed by atoms with Gasteiger partial charge in [0.25, 0.3) is 0 Å². The quantitative estimate of drug-likeness (QED) is 0.422. The summed E-state index contributed by atoms with van der Waals surface area (Å²) in [4.78, 5) is 15.4. The van der Waals surface area contributed by atoms with Crippen LogP contribution in [0.5, 0.6) is 0 Å². The van der Waals surface area contributed by atoms with E-state index in [1.807, 2.05) is 13.0 Å². The Hall–Kier alpha value is -1.89. The molecule has 0 spiro atoms. The van der Waals surface area contributed by atoms with Gasteiger partial charge in [0.05, 0.1) is 0 Å². The Morgan fingerprint density at radius 2 is 2.30 bits per heavy atom. The van der Waals surface area contributed by atoms with E-state index in [0.717, 1.165) is 58.2 Å². The summed E-state index contributed by atoms with van der Waals surface area (Å²) >= 11 is 0. The Kier molecular flexibility index (Phi) is 7.59. The first-order valence-electron chi connectivity index (χ1n) is 8.43. The fourth-order valence-corrected chi connectivity index (χ4v) is 2.67. The van der Waals surface area contributed by atoms with Crippen LogP contribution in [0.4, 0.5) is 5.95 Å². The van der Waals surface area contributed by atoms with Gasteiger partial charge in [-0.05, 0) is 38.2 Å². The summed E-state index contributed by atoms with van der Waals surface area (Å²) in [5.74, 6) is 1.83. The Morgan fingerprint density at radius 3 is 3.09 bits per heavy atom. The van der Waals surface area contributed by atoms with Crippen LogP contribution in [-0.4, -0.2) is 55.3 Å². The number of ether oxygens (including phenoxy) is 1. The molecule has 0 bridgehead atoms. The molecule has 1 aliphatic heterocycles. The van der Waals surface area contributed by atoms with Crippen LogP contribution in [-0.2, 0) is 4.74 Å². The normalized spacial score (nSPS) is 18.9. The first kappa shape index (κ1) is 17.5. The molecule has 0 saturated carbocycles. The highest BCUT2D eigenvalue weighted by molar-refractivity contribution is 5.77. The van der Waals surface area contributed by atoms with Crippen molar-refractivity contribution in [2.24, 2.45) is 16.6 Å². The monoisotopic (exact) mass is 320 g/mol. The maximum absolute atomic E-state index is 5.91. The number of aromatic nitrogens is 2. The van der Waals surface area contributed by atoms with Gasteiger partial charge < -0.3 is 20.7 Å². The molecule has 0 aromatic carbocycles. The summed E-state index contributed by atoms with van der Waals surface area (Å²) < 4.78 is 5.29. The molecule has 0 radical (unpaired) electrons. The lowest BCUT2D eigenvalue weighted by Crippen LogP contribution is -2.38. The van der Waals surface area contributed by atoms with E-state index in [1.165, 1.54) is 6.42 Å². The molecule has 1 fully saturated rings. The number of anilines is 1. The summed E-state index contributed by atoms with van der Waals surface area (Å²) in [5, 5.41) is 3.13. The van der Waals surface area contributed by atoms with Crippen LogP contribution in [0.1, 0.15) is 26.2 Å². The summed E-state index contributed by atoms with van der Waals surface area (Å²) in [5.41, 5.74) is 5.91. The highest BCUT2D eigenvalue weighted by Crippen LogP contribution is 2.19. The van der Waals surface area contributed by atoms with Gasteiger partial charge in [0.2, 0.25) is 5.95 Å². The zero-order valence-electron chi connectivity index (χ0n) is 13.9. The zero-order chi connectivity index (χ0) is 16.3. The van der Waals surface area contributed by atoms with Gasteiger partial charge >= 0.3 is 0 Å². The van der Waals surface area contributed by atoms with E-state index >= 15 is 0 Å². The van der Waals surface area contributed by atoms with E-state index in [2.05, 4.69) is 25.2 Å². The molecule has 7 heteroatoms. The minimum absolute atomic E-state index is 0.497. The van der Waals surface area contributed by atoms with Gasteiger partial charge in [-0.1, -0.05) is 0 Å². The maximum atomic E-state index is 5.91. The van der Waals surface area contributed by atoms with Gasteiger partial charge in [-0.2, -0.15) is 0 Å². The number of rotatable bonds is 8. The fourth-order valence-electron chi connectivity index (χ4n) is 2.67. The number of guanidine groups is 1. The van der Waals surface area contributed by atoms with E-state index in [1.54, 1.807) is 12.4 Å². The average Bonchev–Trinajstić information content (AvgIpc) is 2.61. The SMILES string of the molecule is CCOCCCNC(N)=NCC1CCCN(c2ncccn2)C1. The molecule has 1 aliphatic rings. The van der Waals surface area contributed by atoms with E-state index in [0.29, 0.717) is 11.9 Å². The van der Waals surface area contributed by atoms with E-state index in [-0.39, 0.29) is 0 Å². The molecular weight excluding hydrogens is 292 g/mol. The van der Waals surface area contributed by atoms with Crippen molar-refractivity contribution in [2.75, 3.05) is 44.3 Å². The van der Waals surface area contributed by atoms with Crippen LogP contribution in [0.25, 0.3) is 0 Å². The fraction of sp³-hybridized carbons (Fsp3) is 0.688. The first-order chi connectivity index (χ1) is 11.3. The second-order valence-corrected chi connectivity index (χ2v) is 5.71. The predicted molar refractivity (Wildman–Crippen MR) is 92.6 cm³/mol. The molecule has 1 aromatic rings. The lowest BCUT2D eigenvalue weighted by atomic mass is 9.98. The van der Waals surface area contributed by atoms with Crippen LogP contribution < -0.4 is 16.0 Å². The third-order valence-electron chi connectivity index (χ3n) is 3.85. The summed E-state index contributed by atoms with van der Waals surface area (Å²) in [7, 11) is 0. The van der Waals surface area contributed by atoms with Crippen molar-refractivity contribution in [3.05, 3.63) is 18.5 Å². The smallest absolute Gasteiger partial charge is 0.225 e. The molecule has 0 amide bonds. The molecular formula is C16H28N6O. The number of hydrogen-bond acceptors (Lipinski definition) is 5. The number of nitrogens with two attached hydrogens (primary N) is 1. The van der Waals surface area contributed by atoms with Crippen LogP contribution in [0.15, 0.2) is 23.5 Å². The summed E-state index contributed by atoms with van der Waals surface area (Å²) in [6.45, 7) is 6.99. The van der Waals surface area contributed by atoms with Gasteiger partial charge in [-0.3, -0.25) is 4.99 Å². The van der Waals surface area contributed by atoms with Crippen molar-refractivity contribution in [3.63, 3.8) is 0 Å². The third-order valence-corrected chi connectivity index (χ3v) is 3.85. The molecule has 1 aromatic heterocycles. The van der Waals surface area contributed by atoms with Crippen LogP contribution >= 0.6 is 0 Å². The molecule has 2 heterocycles. The largest absolute Gasteiger partial charge is 0.382 e. The van der Waals surface area contributed by atoms with Crippen molar-refractivity contribution < 1.29 is 4.74 Å². The van der Waals surface area contributed by atoms with E-state index < -0.39 is 0 Å². The molecule has 0 aliphatic carbocycles. The van der Waals surface area contributed by atoms with Crippen molar-refractivity contribution >= 4 is 11.9 Å². The number of hydrogen-bond donors (Lipinski definition) is 2. The first-order valence-corrected chi connectivity index (χ1v) is 8.43. The van der Waals surface area contributed by atoms with Crippen LogP contribution in [0.2, 0.25) is 0 Å². The van der Waals surface area contributed by atoms with E-state index in [4.69, 9.17) is 10.5 Å². The average molecular weight is 320 g/mol. The Balaban J connectivity index is 1.71. The minimum atomic E-state index is 0.497. The highest BCUT2D eigenvalue weighted by Gasteiger charge is 2.21. The van der Waals surface area contributed by atoms with Gasteiger partial charge in [0.1, 0.15) is 0 Å². The molecule has 1 atom stereocenters. The highest BCUT2D eigenvalue weighted by atomic mass is 16.5. The molecule has 23 heavy (non-hydrogen) atoms. The predicted octanol–water partition coefficient (Wildman–Crippen LogP) is 1.02. The van der Waals surface area contributed by atoms with Crippen molar-refractivity contribution in [3.8, 4) is 0 Å². The zero-order valence-corrected chi connectivity index (χ0v) is 13.9. The standard InChI is InChI=1S/C16H28N6O/c1-2-23-11-5-9-18-15(17)21-12-14-6-3-10-22(13-14)16-19-7-4-8-20-16/h4,7-8,14H,2-3,5-6,9-13H2,1H3,(H3,17,18,21). The molecule has 1 saturated heterocycles. The lowest BCUT2D eigenvalue weighted by molar-refractivity contribution is 0.145. The summed E-state index contributed by atoms with van der Waals surface area (Å²) in [6.07, 6.45) is 6.82.